The first kappa shape index (κ1) is 14.1. The Morgan fingerprint density at radius 1 is 1.37 bits per heavy atom. The van der Waals surface area contributed by atoms with Gasteiger partial charge in [-0.15, -0.1) is 0 Å². The lowest BCUT2D eigenvalue weighted by Gasteiger charge is -2.32. The van der Waals surface area contributed by atoms with E-state index >= 15 is 0 Å². The van der Waals surface area contributed by atoms with Crippen molar-refractivity contribution in [1.29, 1.82) is 0 Å². The fourth-order valence-electron chi connectivity index (χ4n) is 2.67. The Bertz CT molecular complexity index is 407. The van der Waals surface area contributed by atoms with Crippen LogP contribution in [-0.2, 0) is 0 Å². The molecule has 0 amide bonds. The summed E-state index contributed by atoms with van der Waals surface area (Å²) in [4.78, 5) is 15.5. The van der Waals surface area contributed by atoms with Gasteiger partial charge in [-0.3, -0.25) is 0 Å². The molecular weight excluding hydrogens is 238 g/mol. The maximum absolute atomic E-state index is 4.58. The predicted octanol–water partition coefficient (Wildman–Crippen LogP) is 1.32. The van der Waals surface area contributed by atoms with Gasteiger partial charge < -0.3 is 14.7 Å². The van der Waals surface area contributed by atoms with Gasteiger partial charge in [0.2, 0.25) is 5.95 Å². The topological polar surface area (TPSA) is 35.5 Å². The van der Waals surface area contributed by atoms with E-state index in [9.17, 15) is 0 Å². The molecule has 1 aromatic heterocycles. The van der Waals surface area contributed by atoms with Crippen molar-refractivity contribution in [2.75, 3.05) is 57.6 Å². The van der Waals surface area contributed by atoms with Crippen LogP contribution in [0.15, 0.2) is 12.3 Å². The molecule has 1 atom stereocenters. The van der Waals surface area contributed by atoms with Crippen molar-refractivity contribution in [3.05, 3.63) is 12.3 Å². The fraction of sp³-hybridized carbons (Fsp3) is 0.714. The van der Waals surface area contributed by atoms with Crippen molar-refractivity contribution in [3.8, 4) is 0 Å². The van der Waals surface area contributed by atoms with E-state index in [4.69, 9.17) is 0 Å². The molecule has 5 nitrogen and oxygen atoms in total. The van der Waals surface area contributed by atoms with Gasteiger partial charge in [0, 0.05) is 40.4 Å². The number of hydrogen-bond acceptors (Lipinski definition) is 5. The highest BCUT2D eigenvalue weighted by Gasteiger charge is 2.19. The van der Waals surface area contributed by atoms with Crippen LogP contribution in [0.2, 0.25) is 0 Å². The number of aromatic nitrogens is 2. The molecule has 0 bridgehead atoms. The molecule has 0 aliphatic carbocycles. The predicted molar refractivity (Wildman–Crippen MR) is 79.9 cm³/mol. The SMILES string of the molecule is CN1CCCC(CN(C)c2ccnc(N(C)C)n2)C1. The summed E-state index contributed by atoms with van der Waals surface area (Å²) in [6, 6.07) is 1.99. The fourth-order valence-corrected chi connectivity index (χ4v) is 2.67. The zero-order valence-corrected chi connectivity index (χ0v) is 12.5. The van der Waals surface area contributed by atoms with Crippen LogP contribution in [0.1, 0.15) is 12.8 Å². The first-order chi connectivity index (χ1) is 9.06. The number of piperidine rings is 1. The van der Waals surface area contributed by atoms with Crippen molar-refractivity contribution in [2.45, 2.75) is 12.8 Å². The summed E-state index contributed by atoms with van der Waals surface area (Å²) in [5.74, 6) is 2.51. The summed E-state index contributed by atoms with van der Waals surface area (Å²) in [6.07, 6.45) is 4.46. The second-order valence-corrected chi connectivity index (χ2v) is 5.76. The zero-order valence-electron chi connectivity index (χ0n) is 12.5. The maximum atomic E-state index is 4.58. The van der Waals surface area contributed by atoms with Crippen LogP contribution in [0.4, 0.5) is 11.8 Å². The summed E-state index contributed by atoms with van der Waals surface area (Å²) >= 11 is 0. The molecule has 2 heterocycles. The van der Waals surface area contributed by atoms with Crippen molar-refractivity contribution in [1.82, 2.24) is 14.9 Å². The molecule has 0 spiro atoms. The number of rotatable bonds is 4. The van der Waals surface area contributed by atoms with Crippen LogP contribution < -0.4 is 9.80 Å². The van der Waals surface area contributed by atoms with Gasteiger partial charge in [-0.25, -0.2) is 4.98 Å². The molecule has 0 aromatic carbocycles. The second kappa shape index (κ2) is 6.19. The van der Waals surface area contributed by atoms with Gasteiger partial charge in [-0.05, 0) is 38.4 Å². The number of likely N-dealkylation sites (tertiary alicyclic amines) is 1. The lowest BCUT2D eigenvalue weighted by molar-refractivity contribution is 0.213. The minimum absolute atomic E-state index is 0.738. The number of anilines is 2. The Labute approximate surface area is 116 Å². The average Bonchev–Trinajstić information content (AvgIpc) is 2.39. The standard InChI is InChI=1S/C14H25N5/c1-17(2)14-15-8-7-13(16-14)19(4)11-12-6-5-9-18(3)10-12/h7-8,12H,5-6,9-11H2,1-4H3. The third-order valence-corrected chi connectivity index (χ3v) is 3.67. The molecule has 1 saturated heterocycles. The van der Waals surface area contributed by atoms with Crippen LogP contribution in [-0.4, -0.2) is 62.7 Å². The molecule has 19 heavy (non-hydrogen) atoms. The van der Waals surface area contributed by atoms with Crippen LogP contribution in [0.25, 0.3) is 0 Å². The molecule has 1 aliphatic rings. The third-order valence-electron chi connectivity index (χ3n) is 3.67. The summed E-state index contributed by atoms with van der Waals surface area (Å²) in [5, 5.41) is 0. The molecular formula is C14H25N5. The van der Waals surface area contributed by atoms with Crippen molar-refractivity contribution in [2.24, 2.45) is 5.92 Å². The Kier molecular flexibility index (Phi) is 4.58. The quantitative estimate of drug-likeness (QED) is 0.819. The Hall–Kier alpha value is -1.36. The highest BCUT2D eigenvalue weighted by atomic mass is 15.3. The summed E-state index contributed by atoms with van der Waals surface area (Å²) < 4.78 is 0. The first-order valence-corrected chi connectivity index (χ1v) is 6.96. The zero-order chi connectivity index (χ0) is 13.8. The van der Waals surface area contributed by atoms with Crippen LogP contribution in [0.5, 0.6) is 0 Å². The van der Waals surface area contributed by atoms with E-state index in [0.717, 1.165) is 24.2 Å². The molecule has 1 aromatic rings. The van der Waals surface area contributed by atoms with Crippen LogP contribution >= 0.6 is 0 Å². The van der Waals surface area contributed by atoms with Crippen molar-refractivity contribution < 1.29 is 0 Å². The summed E-state index contributed by atoms with van der Waals surface area (Å²) in [7, 11) is 8.27. The van der Waals surface area contributed by atoms with E-state index in [1.54, 1.807) is 0 Å². The van der Waals surface area contributed by atoms with Gasteiger partial charge in [-0.1, -0.05) is 0 Å². The minimum atomic E-state index is 0.738. The molecule has 2 rings (SSSR count). The van der Waals surface area contributed by atoms with E-state index in [1.165, 1.54) is 25.9 Å². The second-order valence-electron chi connectivity index (χ2n) is 5.76. The van der Waals surface area contributed by atoms with Gasteiger partial charge in [0.05, 0.1) is 0 Å². The molecule has 0 radical (unpaired) electrons. The average molecular weight is 263 g/mol. The lowest BCUT2D eigenvalue weighted by atomic mass is 9.98. The van der Waals surface area contributed by atoms with Crippen molar-refractivity contribution in [3.63, 3.8) is 0 Å². The molecule has 1 unspecified atom stereocenters. The van der Waals surface area contributed by atoms with Gasteiger partial charge in [-0.2, -0.15) is 4.98 Å². The van der Waals surface area contributed by atoms with E-state index in [2.05, 4.69) is 33.9 Å². The molecule has 0 N–H and O–H groups in total. The third kappa shape index (κ3) is 3.80. The normalized spacial score (nSPS) is 20.3. The van der Waals surface area contributed by atoms with Gasteiger partial charge >= 0.3 is 0 Å². The minimum Gasteiger partial charge on any atom is -0.359 e. The monoisotopic (exact) mass is 263 g/mol. The lowest BCUT2D eigenvalue weighted by Crippen LogP contribution is -2.38. The Morgan fingerprint density at radius 3 is 2.84 bits per heavy atom. The summed E-state index contributed by atoms with van der Waals surface area (Å²) in [6.45, 7) is 3.49. The van der Waals surface area contributed by atoms with Crippen LogP contribution in [0, 0.1) is 5.92 Å². The van der Waals surface area contributed by atoms with Gasteiger partial charge in [0.15, 0.2) is 0 Å². The largest absolute Gasteiger partial charge is 0.359 e. The van der Waals surface area contributed by atoms with Crippen LogP contribution in [0.3, 0.4) is 0 Å². The highest BCUT2D eigenvalue weighted by Crippen LogP contribution is 2.19. The molecule has 1 aliphatic heterocycles. The Balaban J connectivity index is 1.99. The number of hydrogen-bond donors (Lipinski definition) is 0. The summed E-state index contributed by atoms with van der Waals surface area (Å²) in [5.41, 5.74) is 0. The van der Waals surface area contributed by atoms with E-state index < -0.39 is 0 Å². The smallest absolute Gasteiger partial charge is 0.226 e. The van der Waals surface area contributed by atoms with E-state index in [0.29, 0.717) is 0 Å². The van der Waals surface area contributed by atoms with Crippen molar-refractivity contribution >= 4 is 11.8 Å². The van der Waals surface area contributed by atoms with E-state index in [-0.39, 0.29) is 0 Å². The Morgan fingerprint density at radius 2 is 2.16 bits per heavy atom. The molecule has 0 saturated carbocycles. The highest BCUT2D eigenvalue weighted by molar-refractivity contribution is 5.42. The number of nitrogens with zero attached hydrogens (tertiary/aromatic N) is 5. The van der Waals surface area contributed by atoms with E-state index in [1.807, 2.05) is 31.3 Å². The first-order valence-electron chi connectivity index (χ1n) is 6.96. The molecule has 106 valence electrons. The van der Waals surface area contributed by atoms with Gasteiger partial charge in [0.1, 0.15) is 5.82 Å². The molecule has 1 fully saturated rings. The molecule has 5 heteroatoms. The maximum Gasteiger partial charge on any atom is 0.226 e. The van der Waals surface area contributed by atoms with Gasteiger partial charge in [0.25, 0.3) is 0 Å².